The number of aromatic nitrogens is 3. The second-order valence-corrected chi connectivity index (χ2v) is 9.88. The highest BCUT2D eigenvalue weighted by atomic mass is 35.5. The van der Waals surface area contributed by atoms with Crippen molar-refractivity contribution in [3.8, 4) is 0 Å². The highest BCUT2D eigenvalue weighted by Crippen LogP contribution is 2.21. The van der Waals surface area contributed by atoms with Crippen molar-refractivity contribution < 1.29 is 14.3 Å². The summed E-state index contributed by atoms with van der Waals surface area (Å²) in [5.74, 6) is -0.479. The van der Waals surface area contributed by atoms with Gasteiger partial charge in [0.05, 0.1) is 18.7 Å². The number of hydrogen-bond donors (Lipinski definition) is 1. The van der Waals surface area contributed by atoms with Crippen LogP contribution in [0.4, 0.5) is 11.4 Å². The number of benzene rings is 3. The van der Waals surface area contributed by atoms with Crippen molar-refractivity contribution >= 4 is 45.8 Å². The normalized spacial score (nSPS) is 14.3. The van der Waals surface area contributed by atoms with Crippen LogP contribution in [0.5, 0.6) is 0 Å². The molecular formula is C29H31ClN6O3. The zero-order valence-electron chi connectivity index (χ0n) is 21.8. The fourth-order valence-corrected chi connectivity index (χ4v) is 4.89. The highest BCUT2D eigenvalue weighted by molar-refractivity contribution is 6.30. The minimum absolute atomic E-state index is 0.0356. The smallest absolute Gasteiger partial charge is 0.247 e. The van der Waals surface area contributed by atoms with Gasteiger partial charge in [-0.25, -0.2) is 4.68 Å². The van der Waals surface area contributed by atoms with Crippen LogP contribution in [0.1, 0.15) is 18.9 Å². The van der Waals surface area contributed by atoms with E-state index < -0.39 is 6.04 Å². The van der Waals surface area contributed by atoms with Crippen LogP contribution < -0.4 is 10.2 Å². The second-order valence-electron chi connectivity index (χ2n) is 9.44. The molecule has 0 radical (unpaired) electrons. The highest BCUT2D eigenvalue weighted by Gasteiger charge is 2.29. The van der Waals surface area contributed by atoms with Gasteiger partial charge in [0, 0.05) is 36.0 Å². The first kappa shape index (κ1) is 26.6. The number of nitrogens with one attached hydrogen (secondary N) is 1. The SMILES string of the molecule is CCC(C(=O)Nc1ccc(N2CCOCC2)cc1)N(Cc1ccc(Cl)cc1)C(=O)Cn1nnc2ccccc21. The molecule has 202 valence electrons. The Morgan fingerprint density at radius 3 is 2.46 bits per heavy atom. The maximum absolute atomic E-state index is 13.7. The van der Waals surface area contributed by atoms with Crippen LogP contribution in [0.15, 0.2) is 72.8 Å². The third-order valence-electron chi connectivity index (χ3n) is 6.87. The molecule has 3 aromatic carbocycles. The Hall–Kier alpha value is -3.95. The molecule has 1 atom stereocenters. The maximum Gasteiger partial charge on any atom is 0.247 e. The first-order valence-electron chi connectivity index (χ1n) is 13.1. The molecule has 1 fully saturated rings. The van der Waals surface area contributed by atoms with E-state index in [9.17, 15) is 9.59 Å². The summed E-state index contributed by atoms with van der Waals surface area (Å²) < 4.78 is 7.00. The average molecular weight is 547 g/mol. The lowest BCUT2D eigenvalue weighted by molar-refractivity contribution is -0.140. The van der Waals surface area contributed by atoms with Gasteiger partial charge in [0.25, 0.3) is 0 Å². The Morgan fingerprint density at radius 1 is 1.03 bits per heavy atom. The number of hydrogen-bond acceptors (Lipinski definition) is 6. The van der Waals surface area contributed by atoms with Crippen LogP contribution in [-0.2, 0) is 27.4 Å². The molecule has 39 heavy (non-hydrogen) atoms. The van der Waals surface area contributed by atoms with Crippen LogP contribution in [-0.4, -0.2) is 64.1 Å². The van der Waals surface area contributed by atoms with Gasteiger partial charge in [-0.15, -0.1) is 5.10 Å². The summed E-state index contributed by atoms with van der Waals surface area (Å²) in [5.41, 5.74) is 4.10. The van der Waals surface area contributed by atoms with Crippen LogP contribution in [0, 0.1) is 0 Å². The Morgan fingerprint density at radius 2 is 1.74 bits per heavy atom. The Balaban J connectivity index is 1.35. The monoisotopic (exact) mass is 546 g/mol. The van der Waals surface area contributed by atoms with Crippen molar-refractivity contribution in [1.82, 2.24) is 19.9 Å². The van der Waals surface area contributed by atoms with Gasteiger partial charge in [-0.3, -0.25) is 9.59 Å². The Bertz CT molecular complexity index is 1420. The van der Waals surface area contributed by atoms with E-state index >= 15 is 0 Å². The van der Waals surface area contributed by atoms with Gasteiger partial charge in [-0.05, 0) is 60.5 Å². The minimum Gasteiger partial charge on any atom is -0.378 e. The Labute approximate surface area is 232 Å². The molecule has 0 aliphatic carbocycles. The standard InChI is InChI=1S/C29H31ClN6O3/c1-2-26(29(38)31-23-11-13-24(14-12-23)34-15-17-39-18-16-34)35(19-21-7-9-22(30)10-8-21)28(37)20-36-27-6-4-3-5-25(27)32-33-36/h3-14,26H,2,15-20H2,1H3,(H,31,38). The molecule has 0 saturated carbocycles. The summed E-state index contributed by atoms with van der Waals surface area (Å²) in [5, 5.41) is 11.9. The molecule has 5 rings (SSSR count). The zero-order chi connectivity index (χ0) is 27.2. The Kier molecular flexibility index (Phi) is 8.39. The molecule has 4 aromatic rings. The lowest BCUT2D eigenvalue weighted by Gasteiger charge is -2.31. The molecule has 1 saturated heterocycles. The molecule has 0 spiro atoms. The quantitative estimate of drug-likeness (QED) is 0.335. The van der Waals surface area contributed by atoms with Crippen LogP contribution in [0.25, 0.3) is 11.0 Å². The van der Waals surface area contributed by atoms with Crippen LogP contribution in [0.2, 0.25) is 5.02 Å². The molecule has 2 heterocycles. The van der Waals surface area contributed by atoms with E-state index in [0.29, 0.717) is 35.9 Å². The molecule has 1 aliphatic rings. The average Bonchev–Trinajstić information content (AvgIpc) is 3.37. The predicted molar refractivity (Wildman–Crippen MR) is 152 cm³/mol. The largest absolute Gasteiger partial charge is 0.378 e. The van der Waals surface area contributed by atoms with Crippen molar-refractivity contribution in [3.63, 3.8) is 0 Å². The number of fused-ring (bicyclic) bond motifs is 1. The van der Waals surface area contributed by atoms with Gasteiger partial charge in [-0.1, -0.05) is 48.0 Å². The minimum atomic E-state index is -0.693. The van der Waals surface area contributed by atoms with Gasteiger partial charge < -0.3 is 19.9 Å². The van der Waals surface area contributed by atoms with Gasteiger partial charge in [0.15, 0.2) is 0 Å². The molecule has 1 aliphatic heterocycles. The number of ether oxygens (including phenoxy) is 1. The maximum atomic E-state index is 13.7. The number of halogens is 1. The molecule has 10 heteroatoms. The van der Waals surface area contributed by atoms with Gasteiger partial charge >= 0.3 is 0 Å². The number of carbonyl (C=O) groups is 2. The van der Waals surface area contributed by atoms with Gasteiger partial charge in [0.1, 0.15) is 18.1 Å². The van der Waals surface area contributed by atoms with Crippen molar-refractivity contribution in [2.75, 3.05) is 36.5 Å². The summed E-state index contributed by atoms with van der Waals surface area (Å²) in [7, 11) is 0. The van der Waals surface area contributed by atoms with E-state index in [1.54, 1.807) is 21.7 Å². The number of nitrogens with zero attached hydrogens (tertiary/aromatic N) is 5. The fourth-order valence-electron chi connectivity index (χ4n) is 4.76. The third-order valence-corrected chi connectivity index (χ3v) is 7.12. The van der Waals surface area contributed by atoms with Crippen LogP contribution in [0.3, 0.4) is 0 Å². The first-order valence-corrected chi connectivity index (χ1v) is 13.5. The van der Waals surface area contributed by atoms with Crippen molar-refractivity contribution in [2.24, 2.45) is 0 Å². The third kappa shape index (κ3) is 6.38. The van der Waals surface area contributed by atoms with E-state index in [1.807, 2.05) is 67.6 Å². The number of morpholine rings is 1. The number of para-hydroxylation sites is 1. The summed E-state index contributed by atoms with van der Waals surface area (Å²) >= 11 is 6.08. The number of anilines is 2. The molecule has 1 N–H and O–H groups in total. The molecule has 0 bridgehead atoms. The van der Waals surface area contributed by atoms with E-state index in [2.05, 4.69) is 20.5 Å². The number of amides is 2. The summed E-state index contributed by atoms with van der Waals surface area (Å²) in [6, 6.07) is 21.8. The summed E-state index contributed by atoms with van der Waals surface area (Å²) in [6.07, 6.45) is 0.440. The van der Waals surface area contributed by atoms with E-state index in [1.165, 1.54) is 0 Å². The van der Waals surface area contributed by atoms with Gasteiger partial charge in [-0.2, -0.15) is 0 Å². The molecular weight excluding hydrogens is 516 g/mol. The summed E-state index contributed by atoms with van der Waals surface area (Å²) in [4.78, 5) is 31.1. The van der Waals surface area contributed by atoms with E-state index in [-0.39, 0.29) is 24.9 Å². The molecule has 9 nitrogen and oxygen atoms in total. The van der Waals surface area contributed by atoms with E-state index in [0.717, 1.165) is 29.9 Å². The van der Waals surface area contributed by atoms with Gasteiger partial charge in [0.2, 0.25) is 11.8 Å². The zero-order valence-corrected chi connectivity index (χ0v) is 22.6. The van der Waals surface area contributed by atoms with Crippen LogP contribution >= 0.6 is 11.6 Å². The topological polar surface area (TPSA) is 92.6 Å². The molecule has 2 amide bonds. The van der Waals surface area contributed by atoms with Crippen molar-refractivity contribution in [2.45, 2.75) is 32.5 Å². The predicted octanol–water partition coefficient (Wildman–Crippen LogP) is 4.37. The van der Waals surface area contributed by atoms with E-state index in [4.69, 9.17) is 16.3 Å². The number of rotatable bonds is 9. The van der Waals surface area contributed by atoms with Crippen molar-refractivity contribution in [3.05, 3.63) is 83.4 Å². The summed E-state index contributed by atoms with van der Waals surface area (Å²) in [6.45, 7) is 5.21. The lowest BCUT2D eigenvalue weighted by atomic mass is 10.1. The first-order chi connectivity index (χ1) is 19.0. The lowest BCUT2D eigenvalue weighted by Crippen LogP contribution is -2.47. The fraction of sp³-hybridized carbons (Fsp3) is 0.310. The van der Waals surface area contributed by atoms with Crippen molar-refractivity contribution in [1.29, 1.82) is 0 Å². The molecule has 1 aromatic heterocycles. The molecule has 1 unspecified atom stereocenters. The second kappa shape index (κ2) is 12.3. The number of carbonyl (C=O) groups excluding carboxylic acids is 2.